The first kappa shape index (κ1) is 19.6. The van der Waals surface area contributed by atoms with E-state index in [0.29, 0.717) is 24.2 Å². The lowest BCUT2D eigenvalue weighted by Gasteiger charge is -2.38. The number of rotatable bonds is 8. The molecule has 1 aromatic carbocycles. The molecule has 3 N–H and O–H groups in total. The van der Waals surface area contributed by atoms with Gasteiger partial charge in [-0.15, -0.1) is 0 Å². The number of carbonyl (C=O) groups is 1. The average molecular weight is 374 g/mol. The van der Waals surface area contributed by atoms with Crippen molar-refractivity contribution in [2.75, 3.05) is 19.9 Å². The van der Waals surface area contributed by atoms with E-state index in [1.165, 1.54) is 25.3 Å². The molecule has 2 rings (SSSR count). The lowest BCUT2D eigenvalue weighted by molar-refractivity contribution is -0.122. The van der Waals surface area contributed by atoms with Crippen LogP contribution in [0.25, 0.3) is 0 Å². The Morgan fingerprint density at radius 1 is 1.44 bits per heavy atom. The molecule has 0 heterocycles. The Hall–Kier alpha value is -1.71. The number of amides is 1. The van der Waals surface area contributed by atoms with Crippen LogP contribution in [-0.4, -0.2) is 45.4 Å². The van der Waals surface area contributed by atoms with Gasteiger partial charge in [-0.05, 0) is 37.0 Å². The Morgan fingerprint density at radius 3 is 2.68 bits per heavy atom. The predicted molar refractivity (Wildman–Crippen MR) is 90.0 cm³/mol. The third kappa shape index (κ3) is 5.65. The summed E-state index contributed by atoms with van der Waals surface area (Å²) in [5, 5.41) is 12.4. The quantitative estimate of drug-likeness (QED) is 0.621. The number of hydrogen-bond acceptors (Lipinski definition) is 5. The van der Waals surface area contributed by atoms with Crippen LogP contribution in [0, 0.1) is 11.7 Å². The minimum absolute atomic E-state index is 0.0229. The Morgan fingerprint density at radius 2 is 2.12 bits per heavy atom. The van der Waals surface area contributed by atoms with Gasteiger partial charge in [0.05, 0.1) is 25.5 Å². The number of benzene rings is 1. The van der Waals surface area contributed by atoms with Gasteiger partial charge in [0.1, 0.15) is 11.6 Å². The molecule has 1 amide bonds. The van der Waals surface area contributed by atoms with E-state index in [9.17, 15) is 22.7 Å². The summed E-state index contributed by atoms with van der Waals surface area (Å²) in [6.07, 6.45) is 1.52. The normalized spacial score (nSPS) is 21.3. The highest BCUT2D eigenvalue weighted by Crippen LogP contribution is 2.41. The number of aliphatic hydroxyl groups is 1. The van der Waals surface area contributed by atoms with Crippen molar-refractivity contribution in [2.45, 2.75) is 31.4 Å². The minimum Gasteiger partial charge on any atom is -0.496 e. The summed E-state index contributed by atoms with van der Waals surface area (Å²) in [6, 6.07) is 3.56. The highest BCUT2D eigenvalue weighted by atomic mass is 32.2. The summed E-state index contributed by atoms with van der Waals surface area (Å²) in [4.78, 5) is 12.2. The first-order valence-electron chi connectivity index (χ1n) is 7.95. The van der Waals surface area contributed by atoms with Crippen LogP contribution in [0.2, 0.25) is 0 Å². The van der Waals surface area contributed by atoms with Crippen molar-refractivity contribution < 1.29 is 27.4 Å². The van der Waals surface area contributed by atoms with Crippen LogP contribution in [0.1, 0.15) is 30.9 Å². The first-order valence-corrected chi connectivity index (χ1v) is 9.84. The molecule has 1 aliphatic rings. The molecule has 1 aromatic rings. The van der Waals surface area contributed by atoms with Gasteiger partial charge in [0.15, 0.2) is 0 Å². The molecule has 0 aromatic heterocycles. The third-order valence-corrected chi connectivity index (χ3v) is 4.91. The summed E-state index contributed by atoms with van der Waals surface area (Å²) in [5.74, 6) is -0.414. The summed E-state index contributed by atoms with van der Waals surface area (Å²) < 4.78 is 43.3. The van der Waals surface area contributed by atoms with Crippen molar-refractivity contribution in [3.8, 4) is 5.75 Å². The molecule has 25 heavy (non-hydrogen) atoms. The number of sulfonamides is 1. The molecule has 1 atom stereocenters. The molecule has 1 unspecified atom stereocenters. The molecule has 140 valence electrons. The topological polar surface area (TPSA) is 105 Å². The maximum atomic E-state index is 13.7. The van der Waals surface area contributed by atoms with Crippen LogP contribution in [0.15, 0.2) is 18.2 Å². The molecule has 9 heteroatoms. The van der Waals surface area contributed by atoms with E-state index in [0.717, 1.165) is 6.26 Å². The van der Waals surface area contributed by atoms with Crippen LogP contribution in [0.5, 0.6) is 5.75 Å². The van der Waals surface area contributed by atoms with Crippen LogP contribution >= 0.6 is 0 Å². The highest BCUT2D eigenvalue weighted by Gasteiger charge is 2.37. The SMILES string of the molecule is COc1ccc(F)cc1C(NC(=O)CCNS(C)(=O)=O)C1CC(O)C1. The third-order valence-electron chi connectivity index (χ3n) is 4.18. The molecule has 0 spiro atoms. The van der Waals surface area contributed by atoms with Crippen LogP contribution in [0.3, 0.4) is 0 Å². The van der Waals surface area contributed by atoms with E-state index in [1.807, 2.05) is 0 Å². The van der Waals surface area contributed by atoms with Crippen molar-refractivity contribution >= 4 is 15.9 Å². The number of carbonyl (C=O) groups excluding carboxylic acids is 1. The Kier molecular flexibility index (Phi) is 6.36. The van der Waals surface area contributed by atoms with Crippen molar-refractivity contribution in [1.82, 2.24) is 10.0 Å². The van der Waals surface area contributed by atoms with Gasteiger partial charge >= 0.3 is 0 Å². The summed E-state index contributed by atoms with van der Waals surface area (Å²) in [6.45, 7) is -0.0229. The monoisotopic (exact) mass is 374 g/mol. The molecule has 0 saturated heterocycles. The largest absolute Gasteiger partial charge is 0.496 e. The first-order chi connectivity index (χ1) is 11.7. The van der Waals surface area contributed by atoms with Crippen LogP contribution in [0.4, 0.5) is 4.39 Å². The van der Waals surface area contributed by atoms with E-state index < -0.39 is 28.0 Å². The molecule has 0 aliphatic heterocycles. The van der Waals surface area contributed by atoms with E-state index in [2.05, 4.69) is 10.0 Å². The van der Waals surface area contributed by atoms with Crippen LogP contribution in [-0.2, 0) is 14.8 Å². The second-order valence-electron chi connectivity index (χ2n) is 6.23. The van der Waals surface area contributed by atoms with Gasteiger partial charge in [-0.1, -0.05) is 0 Å². The molecule has 1 fully saturated rings. The van der Waals surface area contributed by atoms with E-state index >= 15 is 0 Å². The minimum atomic E-state index is -3.37. The summed E-state index contributed by atoms with van der Waals surface area (Å²) >= 11 is 0. The lowest BCUT2D eigenvalue weighted by atomic mass is 9.74. The Balaban J connectivity index is 2.12. The fourth-order valence-corrected chi connectivity index (χ4v) is 3.37. The summed E-state index contributed by atoms with van der Waals surface area (Å²) in [5.41, 5.74) is 0.504. The molecule has 1 aliphatic carbocycles. The number of halogens is 1. The predicted octanol–water partition coefficient (Wildman–Crippen LogP) is 0.702. The number of aliphatic hydroxyl groups excluding tert-OH is 1. The maximum absolute atomic E-state index is 13.7. The molecular weight excluding hydrogens is 351 g/mol. The summed E-state index contributed by atoms with van der Waals surface area (Å²) in [7, 11) is -1.91. The Bertz CT molecular complexity index is 719. The average Bonchev–Trinajstić information content (AvgIpc) is 2.48. The standard InChI is InChI=1S/C16H23FN2O5S/c1-24-14-4-3-11(17)9-13(14)16(10-7-12(20)8-10)19-15(21)5-6-18-25(2,22)23/h3-4,9-10,12,16,18,20H,5-8H2,1-2H3,(H,19,21). The number of ether oxygens (including phenoxy) is 1. The van der Waals surface area contributed by atoms with Crippen molar-refractivity contribution in [3.05, 3.63) is 29.6 Å². The van der Waals surface area contributed by atoms with Gasteiger partial charge < -0.3 is 15.2 Å². The molecule has 7 nitrogen and oxygen atoms in total. The zero-order valence-electron chi connectivity index (χ0n) is 14.2. The van der Waals surface area contributed by atoms with Crippen molar-refractivity contribution in [1.29, 1.82) is 0 Å². The second-order valence-corrected chi connectivity index (χ2v) is 8.07. The van der Waals surface area contributed by atoms with Gasteiger partial charge in [-0.25, -0.2) is 17.5 Å². The zero-order chi connectivity index (χ0) is 18.6. The molecular formula is C16H23FN2O5S. The number of hydrogen-bond donors (Lipinski definition) is 3. The molecule has 0 radical (unpaired) electrons. The molecule has 0 bridgehead atoms. The van der Waals surface area contributed by atoms with Gasteiger partial charge in [-0.2, -0.15) is 0 Å². The second kappa shape index (κ2) is 8.11. The fraction of sp³-hybridized carbons (Fsp3) is 0.562. The number of methoxy groups -OCH3 is 1. The van der Waals surface area contributed by atoms with Crippen LogP contribution < -0.4 is 14.8 Å². The van der Waals surface area contributed by atoms with Gasteiger partial charge in [-0.3, -0.25) is 4.79 Å². The van der Waals surface area contributed by atoms with E-state index in [4.69, 9.17) is 4.74 Å². The van der Waals surface area contributed by atoms with Gasteiger partial charge in [0.2, 0.25) is 15.9 Å². The number of nitrogens with one attached hydrogen (secondary N) is 2. The van der Waals surface area contributed by atoms with Crippen molar-refractivity contribution in [2.24, 2.45) is 5.92 Å². The zero-order valence-corrected chi connectivity index (χ0v) is 15.0. The smallest absolute Gasteiger partial charge is 0.221 e. The lowest BCUT2D eigenvalue weighted by Crippen LogP contribution is -2.42. The van der Waals surface area contributed by atoms with Gasteiger partial charge in [0, 0.05) is 18.5 Å². The maximum Gasteiger partial charge on any atom is 0.221 e. The highest BCUT2D eigenvalue weighted by molar-refractivity contribution is 7.88. The van der Waals surface area contributed by atoms with Gasteiger partial charge in [0.25, 0.3) is 0 Å². The fourth-order valence-electron chi connectivity index (χ4n) is 2.90. The van der Waals surface area contributed by atoms with Crippen molar-refractivity contribution in [3.63, 3.8) is 0 Å². The molecule has 1 saturated carbocycles. The van der Waals surface area contributed by atoms with E-state index in [1.54, 1.807) is 0 Å². The Labute approximate surface area is 146 Å². The van der Waals surface area contributed by atoms with E-state index in [-0.39, 0.29) is 24.8 Å².